The Labute approximate surface area is 138 Å². The molecule has 1 aromatic heterocycles. The van der Waals surface area contributed by atoms with Crippen LogP contribution in [0.25, 0.3) is 0 Å². The minimum atomic E-state index is -2.90. The third-order valence-electron chi connectivity index (χ3n) is 3.56. The van der Waals surface area contributed by atoms with Gasteiger partial charge in [0.2, 0.25) is 0 Å². The van der Waals surface area contributed by atoms with E-state index in [1.807, 2.05) is 25.3 Å². The van der Waals surface area contributed by atoms with Crippen molar-refractivity contribution >= 4 is 17.2 Å². The van der Waals surface area contributed by atoms with Crippen LogP contribution in [0.3, 0.4) is 0 Å². The van der Waals surface area contributed by atoms with Crippen molar-refractivity contribution < 1.29 is 18.3 Å². The number of rotatable bonds is 7. The number of hydrogen-bond acceptors (Lipinski definition) is 3. The Bertz CT molecular complexity index is 658. The average Bonchev–Trinajstić information content (AvgIpc) is 3.01. The Hall–Kier alpha value is -1.95. The molecule has 2 aromatic rings. The summed E-state index contributed by atoms with van der Waals surface area (Å²) in [6.07, 6.45) is 1.34. The summed E-state index contributed by atoms with van der Waals surface area (Å²) in [5.74, 6) is -0.0907. The third-order valence-corrected chi connectivity index (χ3v) is 4.51. The number of carbonyl (C=O) groups is 1. The molecule has 2 rings (SSSR count). The van der Waals surface area contributed by atoms with Crippen LogP contribution in [0.1, 0.15) is 47.1 Å². The number of nitrogens with one attached hydrogen (secondary N) is 1. The molecule has 1 heterocycles. The number of halogens is 2. The van der Waals surface area contributed by atoms with Crippen LogP contribution in [0, 0.1) is 0 Å². The molecular formula is C17H19F2NO2S. The molecule has 0 spiro atoms. The molecule has 0 bridgehead atoms. The lowest BCUT2D eigenvalue weighted by Gasteiger charge is -2.20. The highest BCUT2D eigenvalue weighted by Crippen LogP contribution is 2.29. The van der Waals surface area contributed by atoms with Crippen molar-refractivity contribution in [2.75, 3.05) is 0 Å². The number of carbonyl (C=O) groups excluding carboxylic acids is 1. The van der Waals surface area contributed by atoms with Gasteiger partial charge in [0.05, 0.1) is 10.9 Å². The Kier molecular flexibility index (Phi) is 6.10. The molecule has 0 saturated carbocycles. The van der Waals surface area contributed by atoms with Gasteiger partial charge in [-0.2, -0.15) is 8.78 Å². The first-order valence-corrected chi connectivity index (χ1v) is 8.35. The molecule has 1 amide bonds. The fourth-order valence-corrected chi connectivity index (χ4v) is 3.31. The third kappa shape index (κ3) is 4.28. The van der Waals surface area contributed by atoms with Gasteiger partial charge >= 0.3 is 6.61 Å². The topological polar surface area (TPSA) is 38.3 Å². The second kappa shape index (κ2) is 8.06. The molecule has 0 aliphatic heterocycles. The zero-order valence-corrected chi connectivity index (χ0v) is 13.8. The van der Waals surface area contributed by atoms with Gasteiger partial charge in [-0.25, -0.2) is 0 Å². The largest absolute Gasteiger partial charge is 0.434 e. The Balaban J connectivity index is 2.22. The summed E-state index contributed by atoms with van der Waals surface area (Å²) in [4.78, 5) is 13.1. The number of ether oxygens (including phenoxy) is 1. The van der Waals surface area contributed by atoms with Gasteiger partial charge in [-0.05, 0) is 35.9 Å². The summed E-state index contributed by atoms with van der Waals surface area (Å²) in [6.45, 7) is 0.981. The van der Waals surface area contributed by atoms with Crippen LogP contribution >= 0.6 is 11.3 Å². The monoisotopic (exact) mass is 339 g/mol. The van der Waals surface area contributed by atoms with Crippen molar-refractivity contribution in [3.63, 3.8) is 0 Å². The molecule has 1 N–H and O–H groups in total. The van der Waals surface area contributed by atoms with E-state index in [-0.39, 0.29) is 17.7 Å². The maximum Gasteiger partial charge on any atom is 0.387 e. The van der Waals surface area contributed by atoms with Crippen molar-refractivity contribution in [1.82, 2.24) is 5.32 Å². The molecule has 124 valence electrons. The number of amides is 1. The summed E-state index contributed by atoms with van der Waals surface area (Å²) in [7, 11) is 0. The Morgan fingerprint density at radius 3 is 2.65 bits per heavy atom. The highest BCUT2D eigenvalue weighted by molar-refractivity contribution is 7.12. The predicted molar refractivity (Wildman–Crippen MR) is 87.3 cm³/mol. The molecule has 0 radical (unpaired) electrons. The first-order chi connectivity index (χ1) is 11.1. The summed E-state index contributed by atoms with van der Waals surface area (Å²) in [5.41, 5.74) is 1.54. The molecule has 6 heteroatoms. The van der Waals surface area contributed by atoms with Gasteiger partial charge in [0.1, 0.15) is 5.75 Å². The smallest absolute Gasteiger partial charge is 0.387 e. The van der Waals surface area contributed by atoms with Crippen LogP contribution in [0.15, 0.2) is 35.7 Å². The van der Waals surface area contributed by atoms with Gasteiger partial charge in [0, 0.05) is 5.56 Å². The summed E-state index contributed by atoms with van der Waals surface area (Å²) in [5, 5.41) is 4.80. The zero-order chi connectivity index (χ0) is 16.8. The second-order valence-electron chi connectivity index (χ2n) is 4.98. The fourth-order valence-electron chi connectivity index (χ4n) is 2.41. The second-order valence-corrected chi connectivity index (χ2v) is 5.90. The molecule has 3 nitrogen and oxygen atoms in total. The van der Waals surface area contributed by atoms with Crippen LogP contribution in [-0.2, 0) is 6.42 Å². The first-order valence-electron chi connectivity index (χ1n) is 7.47. The average molecular weight is 339 g/mol. The number of hydrogen-bond donors (Lipinski definition) is 1. The molecule has 0 aliphatic rings. The molecule has 1 aromatic carbocycles. The lowest BCUT2D eigenvalue weighted by Crippen LogP contribution is -2.28. The summed E-state index contributed by atoms with van der Waals surface area (Å²) >= 11 is 1.38. The van der Waals surface area contributed by atoms with Gasteiger partial charge in [-0.3, -0.25) is 4.79 Å². The maximum absolute atomic E-state index is 12.5. The summed E-state index contributed by atoms with van der Waals surface area (Å²) < 4.78 is 29.7. The van der Waals surface area contributed by atoms with Crippen LogP contribution in [-0.4, -0.2) is 12.5 Å². The van der Waals surface area contributed by atoms with Crippen LogP contribution in [0.5, 0.6) is 5.75 Å². The molecule has 23 heavy (non-hydrogen) atoms. The van der Waals surface area contributed by atoms with Crippen LogP contribution < -0.4 is 10.1 Å². The first kappa shape index (κ1) is 17.4. The lowest BCUT2D eigenvalue weighted by atomic mass is 10.0. The molecule has 1 atom stereocenters. The van der Waals surface area contributed by atoms with E-state index in [1.165, 1.54) is 17.4 Å². The van der Waals surface area contributed by atoms with E-state index in [9.17, 15) is 13.6 Å². The van der Waals surface area contributed by atoms with E-state index in [2.05, 4.69) is 10.1 Å². The highest BCUT2D eigenvalue weighted by atomic mass is 32.1. The van der Waals surface area contributed by atoms with Crippen molar-refractivity contribution in [3.8, 4) is 5.75 Å². The van der Waals surface area contributed by atoms with Gasteiger partial charge < -0.3 is 10.1 Å². The summed E-state index contributed by atoms with van der Waals surface area (Å²) in [6, 6.07) is 8.09. The number of benzene rings is 1. The van der Waals surface area contributed by atoms with E-state index in [1.54, 1.807) is 18.2 Å². The van der Waals surface area contributed by atoms with E-state index >= 15 is 0 Å². The quantitative estimate of drug-likeness (QED) is 0.787. The Morgan fingerprint density at radius 1 is 1.26 bits per heavy atom. The molecule has 0 saturated heterocycles. The lowest BCUT2D eigenvalue weighted by molar-refractivity contribution is -0.0506. The van der Waals surface area contributed by atoms with E-state index in [4.69, 9.17) is 0 Å². The molecule has 0 fully saturated rings. The van der Waals surface area contributed by atoms with Crippen molar-refractivity contribution in [1.29, 1.82) is 0 Å². The van der Waals surface area contributed by atoms with Gasteiger partial charge in [-0.1, -0.05) is 32.0 Å². The van der Waals surface area contributed by atoms with Gasteiger partial charge in [0.25, 0.3) is 5.91 Å². The SMILES string of the molecule is CCc1ccsc1C(=O)NC(CC)c1ccccc1OC(F)F. The zero-order valence-electron chi connectivity index (χ0n) is 13.0. The van der Waals surface area contributed by atoms with Crippen molar-refractivity contribution in [2.45, 2.75) is 39.3 Å². The van der Waals surface area contributed by atoms with Crippen molar-refractivity contribution in [3.05, 3.63) is 51.7 Å². The number of thiophene rings is 1. The van der Waals surface area contributed by atoms with Gasteiger partial charge in [-0.15, -0.1) is 11.3 Å². The standard InChI is InChI=1S/C17H19F2NO2S/c1-3-11-9-10-23-15(11)16(21)20-13(4-2)12-7-5-6-8-14(12)22-17(18)19/h5-10,13,17H,3-4H2,1-2H3,(H,20,21). The molecular weight excluding hydrogens is 320 g/mol. The number of para-hydroxylation sites is 1. The predicted octanol–water partition coefficient (Wildman–Crippen LogP) is 4.79. The minimum Gasteiger partial charge on any atom is -0.434 e. The maximum atomic E-state index is 12.5. The van der Waals surface area contributed by atoms with Crippen LogP contribution in [0.2, 0.25) is 0 Å². The number of aryl methyl sites for hydroxylation is 1. The molecule has 1 unspecified atom stereocenters. The van der Waals surface area contributed by atoms with Crippen LogP contribution in [0.4, 0.5) is 8.78 Å². The van der Waals surface area contributed by atoms with Gasteiger partial charge in [0.15, 0.2) is 0 Å². The van der Waals surface area contributed by atoms with E-state index in [0.29, 0.717) is 16.9 Å². The minimum absolute atomic E-state index is 0.0940. The van der Waals surface area contributed by atoms with E-state index < -0.39 is 6.61 Å². The molecule has 0 aliphatic carbocycles. The fraction of sp³-hybridized carbons (Fsp3) is 0.353. The Morgan fingerprint density at radius 2 is 2.00 bits per heavy atom. The van der Waals surface area contributed by atoms with Crippen molar-refractivity contribution in [2.24, 2.45) is 0 Å². The highest BCUT2D eigenvalue weighted by Gasteiger charge is 2.21. The normalized spacial score (nSPS) is 12.2. The number of alkyl halides is 2. The van der Waals surface area contributed by atoms with E-state index in [0.717, 1.165) is 12.0 Å².